The molecule has 1 fully saturated rings. The summed E-state index contributed by atoms with van der Waals surface area (Å²) in [6.07, 6.45) is -4.24. The highest BCUT2D eigenvalue weighted by Gasteiger charge is 2.54. The van der Waals surface area contributed by atoms with Crippen molar-refractivity contribution in [3.05, 3.63) is 51.6 Å². The van der Waals surface area contributed by atoms with E-state index in [1.807, 2.05) is 0 Å². The number of phenolic OH excluding ortho intramolecular Hbond substituents is 3. The zero-order chi connectivity index (χ0) is 29.3. The Morgan fingerprint density at radius 3 is 2.38 bits per heavy atom. The average molecular weight is 558 g/mol. The van der Waals surface area contributed by atoms with E-state index in [0.29, 0.717) is 0 Å². The van der Waals surface area contributed by atoms with E-state index in [4.69, 9.17) is 19.9 Å². The van der Waals surface area contributed by atoms with Gasteiger partial charge in [0.1, 0.15) is 23.2 Å². The summed E-state index contributed by atoms with van der Waals surface area (Å²) in [5, 5.41) is 55.4. The molecule has 2 aliphatic carbocycles. The molecule has 0 amide bonds. The summed E-state index contributed by atoms with van der Waals surface area (Å²) in [7, 11) is 1.09. The smallest absolute Gasteiger partial charge is 0.316 e. The van der Waals surface area contributed by atoms with Crippen LogP contribution in [0.4, 0.5) is 0 Å². The highest BCUT2D eigenvalue weighted by Crippen LogP contribution is 2.57. The molecule has 0 bridgehead atoms. The molecule has 1 heterocycles. The number of benzene rings is 2. The molecule has 1 aliphatic heterocycles. The standard InChI is InChI=1S/C28H31NO11/c1-4-28(37)9-14(40-15-8-12(29)22(31)10(2)39-15)17-18(21(28)27(36)38-3)26(35)19-20(25(17)34)24(33)16-11(23(19)32)6-5-7-13(16)30/h5-7,10,12,14-15,21-22,30-31,34-35,37H,4,8-9,29H2,1-3H3/t10-,12-,14-,15-,21-,22+,28+/m0/s1. The fourth-order valence-corrected chi connectivity index (χ4v) is 6.13. The van der Waals surface area contributed by atoms with Gasteiger partial charge in [0.15, 0.2) is 12.1 Å². The molecular weight excluding hydrogens is 526 g/mol. The van der Waals surface area contributed by atoms with Crippen molar-refractivity contribution >= 4 is 17.5 Å². The van der Waals surface area contributed by atoms with Gasteiger partial charge in [-0.2, -0.15) is 0 Å². The number of hydrogen-bond acceptors (Lipinski definition) is 12. The molecular formula is C28H31NO11. The number of methoxy groups -OCH3 is 1. The largest absolute Gasteiger partial charge is 0.507 e. The van der Waals surface area contributed by atoms with Crippen LogP contribution in [0.3, 0.4) is 0 Å². The van der Waals surface area contributed by atoms with E-state index in [1.165, 1.54) is 18.2 Å². The molecule has 40 heavy (non-hydrogen) atoms. The average Bonchev–Trinajstić information content (AvgIpc) is 2.91. The second-order valence-electron chi connectivity index (χ2n) is 10.5. The van der Waals surface area contributed by atoms with Gasteiger partial charge in [0.2, 0.25) is 5.78 Å². The van der Waals surface area contributed by atoms with Crippen molar-refractivity contribution in [1.29, 1.82) is 0 Å². The van der Waals surface area contributed by atoms with Crippen molar-refractivity contribution in [1.82, 2.24) is 0 Å². The molecule has 0 saturated carbocycles. The molecule has 0 spiro atoms. The van der Waals surface area contributed by atoms with E-state index < -0.39 is 88.1 Å². The first kappa shape index (κ1) is 28.0. The van der Waals surface area contributed by atoms with E-state index in [-0.39, 0.29) is 41.5 Å². The number of fused-ring (bicyclic) bond motifs is 3. The Hall–Kier alpha value is -3.55. The summed E-state index contributed by atoms with van der Waals surface area (Å²) in [5.41, 5.74) is 1.96. The molecule has 2 aromatic rings. The van der Waals surface area contributed by atoms with Crippen molar-refractivity contribution in [3.8, 4) is 17.2 Å². The second-order valence-corrected chi connectivity index (χ2v) is 10.5. The fraction of sp³-hybridized carbons (Fsp3) is 0.464. The molecule has 7 N–H and O–H groups in total. The maximum atomic E-state index is 13.6. The van der Waals surface area contributed by atoms with Crippen LogP contribution in [0.5, 0.6) is 17.2 Å². The van der Waals surface area contributed by atoms with Gasteiger partial charge in [-0.1, -0.05) is 19.1 Å². The zero-order valence-corrected chi connectivity index (χ0v) is 22.1. The zero-order valence-electron chi connectivity index (χ0n) is 22.1. The number of hydrogen-bond donors (Lipinski definition) is 6. The molecule has 214 valence electrons. The lowest BCUT2D eigenvalue weighted by atomic mass is 9.66. The normalized spacial score (nSPS) is 31.2. The van der Waals surface area contributed by atoms with Crippen LogP contribution in [0.2, 0.25) is 0 Å². The highest BCUT2D eigenvalue weighted by atomic mass is 16.7. The Bertz CT molecular complexity index is 1410. The maximum Gasteiger partial charge on any atom is 0.316 e. The number of aliphatic hydroxyl groups is 2. The minimum atomic E-state index is -1.87. The van der Waals surface area contributed by atoms with Crippen molar-refractivity contribution in [2.24, 2.45) is 5.73 Å². The third-order valence-corrected chi connectivity index (χ3v) is 8.29. The molecule has 12 heteroatoms. The molecule has 2 aromatic carbocycles. The number of nitrogens with two attached hydrogens (primary N) is 1. The predicted octanol–water partition coefficient (Wildman–Crippen LogP) is 1.26. The van der Waals surface area contributed by atoms with Gasteiger partial charge in [-0.05, 0) is 19.4 Å². The van der Waals surface area contributed by atoms with Crippen molar-refractivity contribution in [2.45, 2.75) is 75.3 Å². The quantitative estimate of drug-likeness (QED) is 0.198. The van der Waals surface area contributed by atoms with Gasteiger partial charge < -0.3 is 45.5 Å². The molecule has 12 nitrogen and oxygen atoms in total. The summed E-state index contributed by atoms with van der Waals surface area (Å²) >= 11 is 0. The van der Waals surface area contributed by atoms with Gasteiger partial charge >= 0.3 is 5.97 Å². The van der Waals surface area contributed by atoms with Gasteiger partial charge in [0.25, 0.3) is 0 Å². The lowest BCUT2D eigenvalue weighted by Crippen LogP contribution is -2.52. The summed E-state index contributed by atoms with van der Waals surface area (Å²) in [6.45, 7) is 3.20. The Kier molecular flexibility index (Phi) is 6.87. The third kappa shape index (κ3) is 3.98. The van der Waals surface area contributed by atoms with Gasteiger partial charge in [0, 0.05) is 35.6 Å². The number of esters is 1. The molecule has 7 atom stereocenters. The fourth-order valence-electron chi connectivity index (χ4n) is 6.13. The maximum absolute atomic E-state index is 13.6. The van der Waals surface area contributed by atoms with Gasteiger partial charge in [0.05, 0.1) is 47.7 Å². The third-order valence-electron chi connectivity index (χ3n) is 8.29. The van der Waals surface area contributed by atoms with Gasteiger partial charge in [-0.15, -0.1) is 0 Å². The minimum absolute atomic E-state index is 0.0207. The van der Waals surface area contributed by atoms with Crippen LogP contribution in [-0.4, -0.2) is 80.3 Å². The SMILES string of the molecule is CC[C@@]1(O)C[C@H](O[C@H]2C[C@H](N)[C@H](O)[C@H](C)O2)c2c(O)c3c(c(O)c2[C@H]1C(=O)OC)C(=O)c1cccc(O)c1C3=O. The number of ether oxygens (including phenoxy) is 3. The van der Waals surface area contributed by atoms with Crippen LogP contribution in [0.1, 0.15) is 88.1 Å². The number of carbonyl (C=O) groups is 3. The van der Waals surface area contributed by atoms with Crippen LogP contribution >= 0.6 is 0 Å². The lowest BCUT2D eigenvalue weighted by molar-refractivity contribution is -0.249. The van der Waals surface area contributed by atoms with Crippen molar-refractivity contribution < 1.29 is 54.1 Å². The van der Waals surface area contributed by atoms with Crippen molar-refractivity contribution in [3.63, 3.8) is 0 Å². The highest BCUT2D eigenvalue weighted by molar-refractivity contribution is 6.31. The van der Waals surface area contributed by atoms with Crippen molar-refractivity contribution in [2.75, 3.05) is 7.11 Å². The molecule has 0 aromatic heterocycles. The summed E-state index contributed by atoms with van der Waals surface area (Å²) in [4.78, 5) is 40.2. The first-order valence-electron chi connectivity index (χ1n) is 12.9. The molecule has 0 unspecified atom stereocenters. The second kappa shape index (κ2) is 9.82. The summed E-state index contributed by atoms with van der Waals surface area (Å²) in [6, 6.07) is 3.14. The van der Waals surface area contributed by atoms with Crippen LogP contribution in [-0.2, 0) is 19.0 Å². The van der Waals surface area contributed by atoms with Gasteiger partial charge in [-0.25, -0.2) is 0 Å². The van der Waals surface area contributed by atoms with E-state index in [0.717, 1.165) is 7.11 Å². The van der Waals surface area contributed by atoms with Crippen LogP contribution in [0.15, 0.2) is 18.2 Å². The lowest BCUT2D eigenvalue weighted by Gasteiger charge is -2.45. The van der Waals surface area contributed by atoms with E-state index in [9.17, 15) is 39.9 Å². The number of ketones is 2. The Balaban J connectivity index is 1.76. The Labute approximate surface area is 228 Å². The molecule has 1 saturated heterocycles. The molecule has 3 aliphatic rings. The van der Waals surface area contributed by atoms with E-state index in [1.54, 1.807) is 13.8 Å². The topological polar surface area (TPSA) is 206 Å². The number of aromatic hydroxyl groups is 3. The van der Waals surface area contributed by atoms with Crippen LogP contribution in [0, 0.1) is 0 Å². The summed E-state index contributed by atoms with van der Waals surface area (Å²) in [5.74, 6) is -6.33. The number of carbonyl (C=O) groups excluding carboxylic acids is 3. The first-order valence-corrected chi connectivity index (χ1v) is 12.9. The van der Waals surface area contributed by atoms with Crippen LogP contribution in [0.25, 0.3) is 0 Å². The van der Waals surface area contributed by atoms with E-state index in [2.05, 4.69) is 0 Å². The molecule has 0 radical (unpaired) electrons. The monoisotopic (exact) mass is 557 g/mol. The Morgan fingerprint density at radius 2 is 1.75 bits per heavy atom. The summed E-state index contributed by atoms with van der Waals surface area (Å²) < 4.78 is 16.8. The number of aliphatic hydroxyl groups excluding tert-OH is 1. The number of phenols is 3. The van der Waals surface area contributed by atoms with Crippen LogP contribution < -0.4 is 5.73 Å². The molecule has 5 rings (SSSR count). The van der Waals surface area contributed by atoms with Gasteiger partial charge in [-0.3, -0.25) is 14.4 Å². The predicted molar refractivity (Wildman–Crippen MR) is 136 cm³/mol. The number of rotatable bonds is 4. The minimum Gasteiger partial charge on any atom is -0.507 e. The van der Waals surface area contributed by atoms with E-state index >= 15 is 0 Å². The Morgan fingerprint density at radius 1 is 1.10 bits per heavy atom. The first-order chi connectivity index (χ1) is 18.9.